The second kappa shape index (κ2) is 7.80. The lowest BCUT2D eigenvalue weighted by Crippen LogP contribution is -2.42. The van der Waals surface area contributed by atoms with Gasteiger partial charge in [-0.15, -0.1) is 0 Å². The number of carbonyl (C=O) groups is 1. The summed E-state index contributed by atoms with van der Waals surface area (Å²) in [6.45, 7) is 7.27. The van der Waals surface area contributed by atoms with E-state index >= 15 is 0 Å². The molecule has 0 saturated heterocycles. The van der Waals surface area contributed by atoms with E-state index in [0.717, 1.165) is 19.4 Å². The highest BCUT2D eigenvalue weighted by molar-refractivity contribution is 5.79. The van der Waals surface area contributed by atoms with Crippen LogP contribution in [-0.2, 0) is 4.79 Å². The zero-order valence-corrected chi connectivity index (χ0v) is 9.68. The molecular weight excluding hydrogens is 176 g/mol. The fourth-order valence-electron chi connectivity index (χ4n) is 1.42. The van der Waals surface area contributed by atoms with Crippen LogP contribution in [0.2, 0.25) is 0 Å². The third-order valence-corrected chi connectivity index (χ3v) is 2.22. The van der Waals surface area contributed by atoms with Crippen molar-refractivity contribution in [2.24, 2.45) is 11.7 Å². The summed E-state index contributed by atoms with van der Waals surface area (Å²) in [7, 11) is 0. The quantitative estimate of drug-likeness (QED) is 0.586. The third kappa shape index (κ3) is 6.89. The van der Waals surface area contributed by atoms with Crippen LogP contribution in [0.3, 0.4) is 0 Å². The fraction of sp³-hybridized carbons (Fsp3) is 0.909. The molecular formula is C11H24N2O. The lowest BCUT2D eigenvalue weighted by atomic mass is 10.0. The van der Waals surface area contributed by atoms with Gasteiger partial charge in [0, 0.05) is 0 Å². The van der Waals surface area contributed by atoms with Crippen molar-refractivity contribution in [3.63, 3.8) is 0 Å². The van der Waals surface area contributed by atoms with Crippen LogP contribution in [0.1, 0.15) is 46.5 Å². The summed E-state index contributed by atoms with van der Waals surface area (Å²) in [4.78, 5) is 11.1. The molecule has 0 aromatic rings. The van der Waals surface area contributed by atoms with Crippen LogP contribution < -0.4 is 11.1 Å². The number of nitrogens with two attached hydrogens (primary N) is 1. The number of rotatable bonds is 8. The van der Waals surface area contributed by atoms with Gasteiger partial charge in [0.25, 0.3) is 0 Å². The Kier molecular flexibility index (Phi) is 7.48. The Morgan fingerprint density at radius 2 is 2.00 bits per heavy atom. The maximum Gasteiger partial charge on any atom is 0.234 e. The minimum Gasteiger partial charge on any atom is -0.368 e. The van der Waals surface area contributed by atoms with Gasteiger partial charge in [-0.2, -0.15) is 0 Å². The van der Waals surface area contributed by atoms with Crippen molar-refractivity contribution >= 4 is 5.91 Å². The summed E-state index contributed by atoms with van der Waals surface area (Å²) < 4.78 is 0. The van der Waals surface area contributed by atoms with Gasteiger partial charge in [0.1, 0.15) is 0 Å². The van der Waals surface area contributed by atoms with Crippen LogP contribution in [0, 0.1) is 5.92 Å². The molecule has 0 unspecified atom stereocenters. The molecule has 0 radical (unpaired) electrons. The van der Waals surface area contributed by atoms with E-state index in [4.69, 9.17) is 5.73 Å². The minimum atomic E-state index is -0.227. The Morgan fingerprint density at radius 3 is 2.43 bits per heavy atom. The highest BCUT2D eigenvalue weighted by Crippen LogP contribution is 2.04. The van der Waals surface area contributed by atoms with Gasteiger partial charge >= 0.3 is 0 Å². The molecule has 14 heavy (non-hydrogen) atoms. The number of hydrogen-bond acceptors (Lipinski definition) is 2. The van der Waals surface area contributed by atoms with Crippen molar-refractivity contribution in [3.05, 3.63) is 0 Å². The average molecular weight is 200 g/mol. The topological polar surface area (TPSA) is 55.1 Å². The van der Waals surface area contributed by atoms with Crippen molar-refractivity contribution in [1.82, 2.24) is 5.32 Å². The molecule has 3 heteroatoms. The number of amides is 1. The molecule has 3 nitrogen and oxygen atoms in total. The average Bonchev–Trinajstić information content (AvgIpc) is 2.09. The van der Waals surface area contributed by atoms with E-state index in [-0.39, 0.29) is 11.9 Å². The molecule has 3 N–H and O–H groups in total. The van der Waals surface area contributed by atoms with Crippen molar-refractivity contribution in [2.75, 3.05) is 6.54 Å². The van der Waals surface area contributed by atoms with Gasteiger partial charge in [0.15, 0.2) is 0 Å². The van der Waals surface area contributed by atoms with Gasteiger partial charge in [0.05, 0.1) is 6.04 Å². The molecule has 0 bridgehead atoms. The van der Waals surface area contributed by atoms with E-state index in [1.54, 1.807) is 0 Å². The summed E-state index contributed by atoms with van der Waals surface area (Å²) in [6, 6.07) is -0.146. The summed E-state index contributed by atoms with van der Waals surface area (Å²) in [5.41, 5.74) is 5.30. The Hall–Kier alpha value is -0.570. The predicted octanol–water partition coefficient (Wildman–Crippen LogP) is 1.67. The molecule has 0 aromatic carbocycles. The SMILES string of the molecule is CCCCCN[C@@H](CC(C)C)C(N)=O. The first-order valence-electron chi connectivity index (χ1n) is 5.60. The minimum absolute atomic E-state index is 0.146. The van der Waals surface area contributed by atoms with Crippen molar-refractivity contribution in [3.8, 4) is 0 Å². The predicted molar refractivity (Wildman–Crippen MR) is 60.0 cm³/mol. The lowest BCUT2D eigenvalue weighted by molar-refractivity contribution is -0.120. The van der Waals surface area contributed by atoms with E-state index in [1.165, 1.54) is 12.8 Å². The van der Waals surface area contributed by atoms with Crippen molar-refractivity contribution in [1.29, 1.82) is 0 Å². The molecule has 1 atom stereocenters. The van der Waals surface area contributed by atoms with E-state index in [9.17, 15) is 4.79 Å². The maximum absolute atomic E-state index is 11.1. The van der Waals surface area contributed by atoms with E-state index in [2.05, 4.69) is 26.1 Å². The highest BCUT2D eigenvalue weighted by Gasteiger charge is 2.15. The second-order valence-corrected chi connectivity index (χ2v) is 4.25. The first-order valence-corrected chi connectivity index (χ1v) is 5.60. The van der Waals surface area contributed by atoms with E-state index < -0.39 is 0 Å². The molecule has 0 aliphatic rings. The molecule has 0 aliphatic heterocycles. The highest BCUT2D eigenvalue weighted by atomic mass is 16.1. The fourth-order valence-corrected chi connectivity index (χ4v) is 1.42. The molecule has 84 valence electrons. The van der Waals surface area contributed by atoms with Crippen LogP contribution >= 0.6 is 0 Å². The van der Waals surface area contributed by atoms with Gasteiger partial charge in [-0.05, 0) is 25.3 Å². The van der Waals surface area contributed by atoms with Crippen LogP contribution in [0.4, 0.5) is 0 Å². The van der Waals surface area contributed by atoms with Crippen LogP contribution in [0.5, 0.6) is 0 Å². The standard InChI is InChI=1S/C11H24N2O/c1-4-5-6-7-13-10(11(12)14)8-9(2)3/h9-10,13H,4-8H2,1-3H3,(H2,12,14)/t10-/m0/s1. The Balaban J connectivity index is 3.68. The van der Waals surface area contributed by atoms with Gasteiger partial charge in [-0.3, -0.25) is 4.79 Å². The number of hydrogen-bond donors (Lipinski definition) is 2. The van der Waals surface area contributed by atoms with E-state index in [1.807, 2.05) is 0 Å². The van der Waals surface area contributed by atoms with Crippen molar-refractivity contribution in [2.45, 2.75) is 52.5 Å². The summed E-state index contributed by atoms with van der Waals surface area (Å²) in [5.74, 6) is 0.279. The lowest BCUT2D eigenvalue weighted by Gasteiger charge is -2.17. The largest absolute Gasteiger partial charge is 0.368 e. The summed E-state index contributed by atoms with van der Waals surface area (Å²) >= 11 is 0. The van der Waals surface area contributed by atoms with Crippen LogP contribution in [0.15, 0.2) is 0 Å². The van der Waals surface area contributed by atoms with Crippen LogP contribution in [-0.4, -0.2) is 18.5 Å². The van der Waals surface area contributed by atoms with Gasteiger partial charge in [0.2, 0.25) is 5.91 Å². The second-order valence-electron chi connectivity index (χ2n) is 4.25. The molecule has 1 amide bonds. The Morgan fingerprint density at radius 1 is 1.36 bits per heavy atom. The number of primary amides is 1. The van der Waals surface area contributed by atoms with Gasteiger partial charge in [-0.1, -0.05) is 33.6 Å². The first kappa shape index (κ1) is 13.4. The normalized spacial score (nSPS) is 13.1. The number of unbranched alkanes of at least 4 members (excludes halogenated alkanes) is 2. The monoisotopic (exact) mass is 200 g/mol. The number of nitrogens with one attached hydrogen (secondary N) is 1. The molecule has 0 rings (SSSR count). The smallest absolute Gasteiger partial charge is 0.234 e. The molecule has 0 fully saturated rings. The molecule has 0 heterocycles. The Bertz CT molecular complexity index is 157. The Labute approximate surface area is 87.4 Å². The molecule has 0 aromatic heterocycles. The van der Waals surface area contributed by atoms with Crippen LogP contribution in [0.25, 0.3) is 0 Å². The molecule has 0 saturated carbocycles. The zero-order valence-electron chi connectivity index (χ0n) is 9.68. The summed E-state index contributed by atoms with van der Waals surface area (Å²) in [6.07, 6.45) is 4.37. The summed E-state index contributed by atoms with van der Waals surface area (Å²) in [5, 5.41) is 3.21. The zero-order chi connectivity index (χ0) is 11.0. The molecule has 0 aliphatic carbocycles. The first-order chi connectivity index (χ1) is 6.57. The molecule has 0 spiro atoms. The number of carbonyl (C=O) groups excluding carboxylic acids is 1. The van der Waals surface area contributed by atoms with Crippen molar-refractivity contribution < 1.29 is 4.79 Å². The third-order valence-electron chi connectivity index (χ3n) is 2.22. The van der Waals surface area contributed by atoms with Gasteiger partial charge in [-0.25, -0.2) is 0 Å². The van der Waals surface area contributed by atoms with E-state index in [0.29, 0.717) is 5.92 Å². The maximum atomic E-state index is 11.1. The van der Waals surface area contributed by atoms with Gasteiger partial charge < -0.3 is 11.1 Å².